The minimum atomic E-state index is -0.747. The molecule has 2 aliphatic heterocycles. The Balaban J connectivity index is 1.23. The maximum Gasteiger partial charge on any atom is 0.325 e. The maximum atomic E-state index is 12.8. The molecule has 3 fully saturated rings. The zero-order valence-corrected chi connectivity index (χ0v) is 17.9. The molecule has 5 amide bonds. The molecule has 31 heavy (non-hydrogen) atoms. The predicted octanol–water partition coefficient (Wildman–Crippen LogP) is 0.786. The van der Waals surface area contributed by atoms with Crippen molar-refractivity contribution in [2.45, 2.75) is 62.9 Å². The molecule has 1 spiro atoms. The monoisotopic (exact) mass is 430 g/mol. The summed E-state index contributed by atoms with van der Waals surface area (Å²) >= 11 is 0. The number of nitrogens with one attached hydrogen (secondary N) is 2. The molecule has 0 unspecified atom stereocenters. The number of piperidine rings is 1. The number of nitrogens with zero attached hydrogens (tertiary/aromatic N) is 4. The third-order valence-corrected chi connectivity index (χ3v) is 6.65. The SMILES string of the molecule is Cn1cc(C(=O)NC2CCN(C(=O)CCN3C(=O)NC4(CCCCC4)C3=O)CC2)cn1. The molecule has 0 radical (unpaired) electrons. The number of rotatable bonds is 5. The van der Waals surface area contributed by atoms with Crippen LogP contribution in [-0.2, 0) is 16.6 Å². The highest BCUT2D eigenvalue weighted by Crippen LogP contribution is 2.33. The highest BCUT2D eigenvalue weighted by atomic mass is 16.2. The third kappa shape index (κ3) is 4.42. The van der Waals surface area contributed by atoms with Gasteiger partial charge in [-0.05, 0) is 25.7 Å². The van der Waals surface area contributed by atoms with Gasteiger partial charge in [0.25, 0.3) is 11.8 Å². The van der Waals surface area contributed by atoms with E-state index >= 15 is 0 Å². The number of imide groups is 1. The van der Waals surface area contributed by atoms with E-state index in [0.29, 0.717) is 44.3 Å². The van der Waals surface area contributed by atoms with Crippen LogP contribution in [0.15, 0.2) is 12.4 Å². The normalized spacial score (nSPS) is 21.5. The Bertz CT molecular complexity index is 867. The molecule has 0 aromatic carbocycles. The topological polar surface area (TPSA) is 117 Å². The van der Waals surface area contributed by atoms with Gasteiger partial charge in [0, 0.05) is 45.3 Å². The van der Waals surface area contributed by atoms with Crippen molar-refractivity contribution < 1.29 is 19.2 Å². The summed E-state index contributed by atoms with van der Waals surface area (Å²) in [6.45, 7) is 1.20. The summed E-state index contributed by atoms with van der Waals surface area (Å²) in [5.74, 6) is -0.405. The van der Waals surface area contributed by atoms with Gasteiger partial charge in [0.05, 0.1) is 11.8 Å². The first-order valence-corrected chi connectivity index (χ1v) is 11.1. The number of carbonyl (C=O) groups excluding carboxylic acids is 4. The Morgan fingerprint density at radius 3 is 2.55 bits per heavy atom. The fourth-order valence-corrected chi connectivity index (χ4v) is 4.82. The van der Waals surface area contributed by atoms with E-state index in [9.17, 15) is 19.2 Å². The smallest absolute Gasteiger partial charge is 0.325 e. The maximum absolute atomic E-state index is 12.8. The van der Waals surface area contributed by atoms with Crippen molar-refractivity contribution in [3.63, 3.8) is 0 Å². The molecule has 168 valence electrons. The van der Waals surface area contributed by atoms with Gasteiger partial charge < -0.3 is 15.5 Å². The highest BCUT2D eigenvalue weighted by Gasteiger charge is 2.51. The lowest BCUT2D eigenvalue weighted by molar-refractivity contribution is -0.134. The molecule has 3 heterocycles. The van der Waals surface area contributed by atoms with Crippen LogP contribution in [-0.4, -0.2) is 74.5 Å². The van der Waals surface area contributed by atoms with Crippen LogP contribution in [0.25, 0.3) is 0 Å². The second kappa shape index (κ2) is 8.68. The minimum Gasteiger partial charge on any atom is -0.349 e. The summed E-state index contributed by atoms with van der Waals surface area (Å²) in [6.07, 6.45) is 8.98. The van der Waals surface area contributed by atoms with E-state index in [2.05, 4.69) is 15.7 Å². The van der Waals surface area contributed by atoms with Gasteiger partial charge in [0.2, 0.25) is 5.91 Å². The van der Waals surface area contributed by atoms with E-state index in [0.717, 1.165) is 19.3 Å². The van der Waals surface area contributed by atoms with Crippen molar-refractivity contribution in [3.05, 3.63) is 18.0 Å². The molecule has 2 saturated heterocycles. The summed E-state index contributed by atoms with van der Waals surface area (Å²) in [7, 11) is 1.76. The first kappa shape index (κ1) is 21.3. The van der Waals surface area contributed by atoms with Crippen molar-refractivity contribution >= 4 is 23.8 Å². The van der Waals surface area contributed by atoms with Gasteiger partial charge in [-0.15, -0.1) is 0 Å². The van der Waals surface area contributed by atoms with Crippen LogP contribution in [0.5, 0.6) is 0 Å². The average Bonchev–Trinajstić information content (AvgIpc) is 3.29. The van der Waals surface area contributed by atoms with Gasteiger partial charge in [-0.3, -0.25) is 24.0 Å². The van der Waals surface area contributed by atoms with Crippen LogP contribution in [0.3, 0.4) is 0 Å². The first-order chi connectivity index (χ1) is 14.9. The van der Waals surface area contributed by atoms with Crippen molar-refractivity contribution in [3.8, 4) is 0 Å². The Labute approximate surface area is 181 Å². The molecule has 1 aromatic heterocycles. The fraction of sp³-hybridized carbons (Fsp3) is 0.667. The van der Waals surface area contributed by atoms with Crippen LogP contribution in [0.2, 0.25) is 0 Å². The third-order valence-electron chi connectivity index (χ3n) is 6.65. The molecule has 10 heteroatoms. The zero-order valence-electron chi connectivity index (χ0n) is 17.9. The van der Waals surface area contributed by atoms with Gasteiger partial charge in [-0.25, -0.2) is 4.79 Å². The van der Waals surface area contributed by atoms with E-state index in [1.165, 1.54) is 11.1 Å². The second-order valence-corrected chi connectivity index (χ2v) is 8.81. The van der Waals surface area contributed by atoms with E-state index in [-0.39, 0.29) is 42.8 Å². The predicted molar refractivity (Wildman–Crippen MR) is 111 cm³/mol. The Morgan fingerprint density at radius 2 is 1.90 bits per heavy atom. The summed E-state index contributed by atoms with van der Waals surface area (Å²) in [6, 6.07) is -0.370. The van der Waals surface area contributed by atoms with Gasteiger partial charge in [0.1, 0.15) is 5.54 Å². The Kier molecular flexibility index (Phi) is 5.97. The lowest BCUT2D eigenvalue weighted by Gasteiger charge is -2.33. The average molecular weight is 431 g/mol. The van der Waals surface area contributed by atoms with Crippen LogP contribution in [0, 0.1) is 0 Å². The molecule has 1 saturated carbocycles. The van der Waals surface area contributed by atoms with E-state index in [4.69, 9.17) is 0 Å². The summed E-state index contributed by atoms with van der Waals surface area (Å²) in [5, 5.41) is 9.88. The number of urea groups is 1. The molecular weight excluding hydrogens is 400 g/mol. The van der Waals surface area contributed by atoms with Gasteiger partial charge >= 0.3 is 6.03 Å². The van der Waals surface area contributed by atoms with E-state index in [1.54, 1.807) is 22.8 Å². The van der Waals surface area contributed by atoms with Gasteiger partial charge in [-0.1, -0.05) is 19.3 Å². The standard InChI is InChI=1S/C21H30N6O4/c1-25-14-15(13-22-25)18(29)23-16-5-10-26(11-6-16)17(28)7-12-27-19(30)21(24-20(27)31)8-3-2-4-9-21/h13-14,16H,2-12H2,1H3,(H,23,29)(H,24,31). The van der Waals surface area contributed by atoms with Crippen molar-refractivity contribution in [1.82, 2.24) is 30.2 Å². The minimum absolute atomic E-state index is 0.00820. The van der Waals surface area contributed by atoms with Crippen LogP contribution in [0.4, 0.5) is 4.79 Å². The molecule has 3 aliphatic rings. The number of aryl methyl sites for hydroxylation is 1. The molecule has 2 N–H and O–H groups in total. The Hall–Kier alpha value is -2.91. The zero-order chi connectivity index (χ0) is 22.0. The molecule has 1 aliphatic carbocycles. The van der Waals surface area contributed by atoms with Crippen molar-refractivity contribution in [2.24, 2.45) is 7.05 Å². The number of carbonyl (C=O) groups is 4. The van der Waals surface area contributed by atoms with Gasteiger partial charge in [-0.2, -0.15) is 5.10 Å². The molecule has 0 atom stereocenters. The summed E-state index contributed by atoms with van der Waals surface area (Å²) in [5.41, 5.74) is -0.228. The molecular formula is C21H30N6O4. The quantitative estimate of drug-likeness (QED) is 0.670. The van der Waals surface area contributed by atoms with Crippen molar-refractivity contribution in [2.75, 3.05) is 19.6 Å². The molecule has 10 nitrogen and oxygen atoms in total. The number of aromatic nitrogens is 2. The lowest BCUT2D eigenvalue weighted by atomic mass is 9.82. The number of hydrogen-bond acceptors (Lipinski definition) is 5. The molecule has 0 bridgehead atoms. The van der Waals surface area contributed by atoms with E-state index in [1.807, 2.05) is 0 Å². The fourth-order valence-electron chi connectivity index (χ4n) is 4.82. The van der Waals surface area contributed by atoms with Crippen LogP contribution >= 0.6 is 0 Å². The largest absolute Gasteiger partial charge is 0.349 e. The number of amides is 5. The summed E-state index contributed by atoms with van der Waals surface area (Å²) in [4.78, 5) is 53.0. The molecule has 1 aromatic rings. The van der Waals surface area contributed by atoms with Crippen molar-refractivity contribution in [1.29, 1.82) is 0 Å². The Morgan fingerprint density at radius 1 is 1.19 bits per heavy atom. The number of likely N-dealkylation sites (tertiary alicyclic amines) is 1. The second-order valence-electron chi connectivity index (χ2n) is 8.81. The summed E-state index contributed by atoms with van der Waals surface area (Å²) < 4.78 is 1.58. The van der Waals surface area contributed by atoms with Crippen LogP contribution < -0.4 is 10.6 Å². The van der Waals surface area contributed by atoms with Gasteiger partial charge in [0.15, 0.2) is 0 Å². The first-order valence-electron chi connectivity index (χ1n) is 11.1. The molecule has 4 rings (SSSR count). The van der Waals surface area contributed by atoms with Crippen LogP contribution in [0.1, 0.15) is 61.7 Å². The number of hydrogen-bond donors (Lipinski definition) is 2. The van der Waals surface area contributed by atoms with E-state index < -0.39 is 5.54 Å². The highest BCUT2D eigenvalue weighted by molar-refractivity contribution is 6.07. The lowest BCUT2D eigenvalue weighted by Crippen LogP contribution is -2.48.